The SMILES string of the molecule is CCCNC(c1cncc(C)c1)c1c(Br)nnn1C. The van der Waals surface area contributed by atoms with E-state index in [9.17, 15) is 0 Å². The van der Waals surface area contributed by atoms with Crippen molar-refractivity contribution in [2.75, 3.05) is 6.54 Å². The fraction of sp³-hybridized carbons (Fsp3) is 0.462. The highest BCUT2D eigenvalue weighted by Crippen LogP contribution is 2.26. The molecule has 0 aliphatic rings. The summed E-state index contributed by atoms with van der Waals surface area (Å²) in [5.74, 6) is 0. The summed E-state index contributed by atoms with van der Waals surface area (Å²) in [6, 6.07) is 2.18. The van der Waals surface area contributed by atoms with Gasteiger partial charge in [-0.2, -0.15) is 0 Å². The first-order chi connectivity index (χ1) is 9.13. The van der Waals surface area contributed by atoms with Gasteiger partial charge in [-0.3, -0.25) is 4.98 Å². The third-order valence-electron chi connectivity index (χ3n) is 2.93. The molecule has 1 unspecified atom stereocenters. The van der Waals surface area contributed by atoms with Crippen LogP contribution in [0.3, 0.4) is 0 Å². The van der Waals surface area contributed by atoms with Gasteiger partial charge < -0.3 is 5.32 Å². The monoisotopic (exact) mass is 323 g/mol. The van der Waals surface area contributed by atoms with Crippen LogP contribution in [-0.4, -0.2) is 26.5 Å². The van der Waals surface area contributed by atoms with Crippen LogP contribution in [0.15, 0.2) is 23.1 Å². The maximum absolute atomic E-state index is 4.28. The Labute approximate surface area is 121 Å². The van der Waals surface area contributed by atoms with Gasteiger partial charge in [0.2, 0.25) is 0 Å². The summed E-state index contributed by atoms with van der Waals surface area (Å²) in [5, 5.41) is 11.6. The first-order valence-corrected chi connectivity index (χ1v) is 7.12. The van der Waals surface area contributed by atoms with Crippen LogP contribution in [-0.2, 0) is 7.05 Å². The van der Waals surface area contributed by atoms with E-state index in [1.807, 2.05) is 26.4 Å². The fourth-order valence-electron chi connectivity index (χ4n) is 2.04. The quantitative estimate of drug-likeness (QED) is 0.917. The van der Waals surface area contributed by atoms with E-state index in [1.54, 1.807) is 4.68 Å². The lowest BCUT2D eigenvalue weighted by Crippen LogP contribution is -2.25. The van der Waals surface area contributed by atoms with Crippen molar-refractivity contribution in [3.8, 4) is 0 Å². The molecule has 6 heteroatoms. The van der Waals surface area contributed by atoms with Crippen LogP contribution in [0.5, 0.6) is 0 Å². The summed E-state index contributed by atoms with van der Waals surface area (Å²) in [6.07, 6.45) is 4.81. The highest BCUT2D eigenvalue weighted by atomic mass is 79.9. The van der Waals surface area contributed by atoms with Crippen LogP contribution < -0.4 is 5.32 Å². The maximum atomic E-state index is 4.28. The van der Waals surface area contributed by atoms with Crippen molar-refractivity contribution in [3.63, 3.8) is 0 Å². The summed E-state index contributed by atoms with van der Waals surface area (Å²) >= 11 is 3.47. The number of rotatable bonds is 5. The number of aromatic nitrogens is 4. The van der Waals surface area contributed by atoms with Crippen LogP contribution >= 0.6 is 15.9 Å². The third-order valence-corrected chi connectivity index (χ3v) is 3.49. The van der Waals surface area contributed by atoms with Crippen LogP contribution in [0.2, 0.25) is 0 Å². The molecule has 0 aromatic carbocycles. The molecule has 0 spiro atoms. The van der Waals surface area contributed by atoms with E-state index in [0.29, 0.717) is 0 Å². The number of aryl methyl sites for hydroxylation is 2. The van der Waals surface area contributed by atoms with Crippen LogP contribution in [0.1, 0.15) is 36.2 Å². The molecule has 0 amide bonds. The number of hydrogen-bond donors (Lipinski definition) is 1. The van der Waals surface area contributed by atoms with Crippen LogP contribution in [0.4, 0.5) is 0 Å². The molecule has 0 bridgehead atoms. The number of nitrogens with zero attached hydrogens (tertiary/aromatic N) is 4. The molecule has 1 atom stereocenters. The molecule has 1 N–H and O–H groups in total. The van der Waals surface area contributed by atoms with Gasteiger partial charge in [-0.05, 0) is 46.9 Å². The lowest BCUT2D eigenvalue weighted by molar-refractivity contribution is 0.548. The second-order valence-electron chi connectivity index (χ2n) is 4.57. The van der Waals surface area contributed by atoms with Crippen LogP contribution in [0, 0.1) is 6.92 Å². The van der Waals surface area contributed by atoms with Gasteiger partial charge in [0.25, 0.3) is 0 Å². The van der Waals surface area contributed by atoms with Crippen molar-refractivity contribution in [2.45, 2.75) is 26.3 Å². The summed E-state index contributed by atoms with van der Waals surface area (Å²) < 4.78 is 2.56. The highest BCUT2D eigenvalue weighted by Gasteiger charge is 2.21. The van der Waals surface area contributed by atoms with E-state index in [4.69, 9.17) is 0 Å². The molecule has 2 heterocycles. The lowest BCUT2D eigenvalue weighted by Gasteiger charge is -2.19. The average Bonchev–Trinajstić information content (AvgIpc) is 2.71. The van der Waals surface area contributed by atoms with Crippen molar-refractivity contribution in [1.82, 2.24) is 25.3 Å². The normalized spacial score (nSPS) is 12.6. The topological polar surface area (TPSA) is 55.6 Å². The Kier molecular flexibility index (Phi) is 4.66. The minimum atomic E-state index is 0.0433. The molecular weight excluding hydrogens is 306 g/mol. The summed E-state index contributed by atoms with van der Waals surface area (Å²) in [4.78, 5) is 4.28. The predicted molar refractivity (Wildman–Crippen MR) is 77.8 cm³/mol. The molecule has 5 nitrogen and oxygen atoms in total. The molecule has 0 aliphatic carbocycles. The maximum Gasteiger partial charge on any atom is 0.153 e. The van der Waals surface area contributed by atoms with E-state index >= 15 is 0 Å². The second-order valence-corrected chi connectivity index (χ2v) is 5.32. The van der Waals surface area contributed by atoms with Gasteiger partial charge in [-0.15, -0.1) is 5.10 Å². The van der Waals surface area contributed by atoms with Gasteiger partial charge in [0, 0.05) is 19.4 Å². The van der Waals surface area contributed by atoms with E-state index in [1.165, 1.54) is 0 Å². The largest absolute Gasteiger partial charge is 0.305 e. The first kappa shape index (κ1) is 14.1. The van der Waals surface area contributed by atoms with Gasteiger partial charge in [-0.25, -0.2) is 4.68 Å². The third kappa shape index (κ3) is 3.19. The molecule has 0 aliphatic heterocycles. The Morgan fingerprint density at radius 2 is 2.21 bits per heavy atom. The molecule has 0 radical (unpaired) electrons. The summed E-state index contributed by atoms with van der Waals surface area (Å²) in [7, 11) is 1.90. The molecule has 102 valence electrons. The van der Waals surface area contributed by atoms with Crippen molar-refractivity contribution < 1.29 is 0 Å². The highest BCUT2D eigenvalue weighted by molar-refractivity contribution is 9.10. The van der Waals surface area contributed by atoms with Gasteiger partial charge in [-0.1, -0.05) is 18.2 Å². The van der Waals surface area contributed by atoms with Gasteiger partial charge in [0.05, 0.1) is 11.7 Å². The average molecular weight is 324 g/mol. The number of halogens is 1. The zero-order valence-corrected chi connectivity index (χ0v) is 13.0. The molecule has 0 fully saturated rings. The molecule has 2 aromatic rings. The van der Waals surface area contributed by atoms with E-state index < -0.39 is 0 Å². The minimum Gasteiger partial charge on any atom is -0.305 e. The Bertz CT molecular complexity index is 532. The van der Waals surface area contributed by atoms with E-state index in [-0.39, 0.29) is 6.04 Å². The molecule has 19 heavy (non-hydrogen) atoms. The van der Waals surface area contributed by atoms with Gasteiger partial charge >= 0.3 is 0 Å². The van der Waals surface area contributed by atoms with E-state index in [2.05, 4.69) is 49.5 Å². The standard InChI is InChI=1S/C13H18BrN5/c1-4-5-16-11(10-6-9(2)7-15-8-10)12-13(14)17-18-19(12)3/h6-8,11,16H,4-5H2,1-3H3. The molecule has 0 saturated heterocycles. The smallest absolute Gasteiger partial charge is 0.153 e. The predicted octanol–water partition coefficient (Wildman–Crippen LogP) is 2.37. The first-order valence-electron chi connectivity index (χ1n) is 6.33. The zero-order valence-electron chi connectivity index (χ0n) is 11.4. The lowest BCUT2D eigenvalue weighted by atomic mass is 10.0. The van der Waals surface area contributed by atoms with Crippen molar-refractivity contribution in [1.29, 1.82) is 0 Å². The molecule has 2 rings (SSSR count). The zero-order chi connectivity index (χ0) is 13.8. The Morgan fingerprint density at radius 1 is 1.42 bits per heavy atom. The minimum absolute atomic E-state index is 0.0433. The van der Waals surface area contributed by atoms with Crippen molar-refractivity contribution >= 4 is 15.9 Å². The van der Waals surface area contributed by atoms with Crippen molar-refractivity contribution in [3.05, 3.63) is 39.9 Å². The second kappa shape index (κ2) is 6.25. The number of pyridine rings is 1. The van der Waals surface area contributed by atoms with Crippen molar-refractivity contribution in [2.24, 2.45) is 7.05 Å². The number of nitrogens with one attached hydrogen (secondary N) is 1. The summed E-state index contributed by atoms with van der Waals surface area (Å²) in [5.41, 5.74) is 3.28. The molecule has 2 aromatic heterocycles. The van der Waals surface area contributed by atoms with Crippen LogP contribution in [0.25, 0.3) is 0 Å². The fourth-order valence-corrected chi connectivity index (χ4v) is 2.60. The molecule has 0 saturated carbocycles. The van der Waals surface area contributed by atoms with Gasteiger partial charge in [0.1, 0.15) is 0 Å². The Morgan fingerprint density at radius 3 is 2.79 bits per heavy atom. The Balaban J connectivity index is 2.41. The van der Waals surface area contributed by atoms with E-state index in [0.717, 1.165) is 34.4 Å². The Hall–Kier alpha value is -1.27. The summed E-state index contributed by atoms with van der Waals surface area (Å²) in [6.45, 7) is 5.12. The van der Waals surface area contributed by atoms with Gasteiger partial charge in [0.15, 0.2) is 4.60 Å². The number of hydrogen-bond acceptors (Lipinski definition) is 4. The molecular formula is C13H18BrN5.